The van der Waals surface area contributed by atoms with E-state index in [1.165, 1.54) is 12.8 Å². The highest BCUT2D eigenvalue weighted by atomic mass is 14.2. The third kappa shape index (κ3) is 26.6. The molecule has 0 atom stereocenters. The molecular formula is C31H12. The smallest absolute Gasteiger partial charge is 0 e. The summed E-state index contributed by atoms with van der Waals surface area (Å²) >= 11 is 0. The second-order valence-electron chi connectivity index (χ2n) is 4.95. The molecule has 31 heavy (non-hydrogen) atoms. The molecule has 0 N–H and O–H groups in total. The fourth-order valence-electron chi connectivity index (χ4n) is 0.922. The van der Waals surface area contributed by atoms with Crippen molar-refractivity contribution in [2.45, 2.75) is 26.7 Å². The Hall–Kier alpha value is -5.72. The monoisotopic (exact) mass is 384 g/mol. The Labute approximate surface area is 187 Å². The van der Waals surface area contributed by atoms with Crippen molar-refractivity contribution in [3.8, 4) is 154 Å². The number of terminal acetylenes is 1. The fraction of sp³-hybridized carbons (Fsp3) is 0.161. The Bertz CT molecular complexity index is 1460. The standard InChI is InChI=1S/C27H4.C4H8/c1-3-5-7-9-11-13-15-17-19-21-23-25-27-26-24-22-20-18-16-14-12-10-8-6-4-2;1-4-2-3-4/h1H,2H3;4H,2-3H2,1H3. The lowest BCUT2D eigenvalue weighted by Gasteiger charge is -1.57. The zero-order valence-corrected chi connectivity index (χ0v) is 17.1. The molecule has 136 valence electrons. The van der Waals surface area contributed by atoms with Gasteiger partial charge in [-0.1, -0.05) is 25.7 Å². The van der Waals surface area contributed by atoms with Crippen molar-refractivity contribution in [1.29, 1.82) is 0 Å². The Morgan fingerprint density at radius 1 is 0.419 bits per heavy atom. The zero-order valence-electron chi connectivity index (χ0n) is 17.1. The molecule has 1 saturated carbocycles. The van der Waals surface area contributed by atoms with Crippen molar-refractivity contribution in [2.75, 3.05) is 0 Å². The summed E-state index contributed by atoms with van der Waals surface area (Å²) in [4.78, 5) is 0. The quantitative estimate of drug-likeness (QED) is 0.561. The van der Waals surface area contributed by atoms with Crippen molar-refractivity contribution in [3.63, 3.8) is 0 Å². The van der Waals surface area contributed by atoms with Gasteiger partial charge in [0.1, 0.15) is 0 Å². The third-order valence-electron chi connectivity index (χ3n) is 2.44. The Kier molecular flexibility index (Phi) is 18.2. The average Bonchev–Trinajstić information content (AvgIpc) is 3.57. The van der Waals surface area contributed by atoms with Crippen LogP contribution in [0.1, 0.15) is 26.7 Å². The first-order valence-electron chi connectivity index (χ1n) is 8.68. The van der Waals surface area contributed by atoms with Gasteiger partial charge < -0.3 is 0 Å². The first-order valence-corrected chi connectivity index (χ1v) is 8.68. The molecule has 0 aliphatic heterocycles. The van der Waals surface area contributed by atoms with Crippen LogP contribution in [0.5, 0.6) is 0 Å². The van der Waals surface area contributed by atoms with Gasteiger partial charge >= 0.3 is 0 Å². The van der Waals surface area contributed by atoms with Gasteiger partial charge in [-0.3, -0.25) is 0 Å². The summed E-state index contributed by atoms with van der Waals surface area (Å²) in [6.07, 6.45) is 7.89. The fourth-order valence-corrected chi connectivity index (χ4v) is 0.922. The first kappa shape index (κ1) is 25.3. The van der Waals surface area contributed by atoms with E-state index >= 15 is 0 Å². The molecule has 1 aliphatic rings. The summed E-state index contributed by atoms with van der Waals surface area (Å²) in [7, 11) is 0. The number of hydrogen-bond acceptors (Lipinski definition) is 0. The van der Waals surface area contributed by atoms with Crippen molar-refractivity contribution in [2.24, 2.45) is 5.92 Å². The largest absolute Gasteiger partial charge is 0.106 e. The molecular weight excluding hydrogens is 372 g/mol. The lowest BCUT2D eigenvalue weighted by Crippen LogP contribution is -1.57. The van der Waals surface area contributed by atoms with E-state index in [1.807, 2.05) is 0 Å². The van der Waals surface area contributed by atoms with E-state index in [0.29, 0.717) is 0 Å². The minimum atomic E-state index is 1.08. The molecule has 0 aromatic heterocycles. The normalized spacial score (nSPS) is 6.74. The third-order valence-corrected chi connectivity index (χ3v) is 2.44. The molecule has 0 radical (unpaired) electrons. The molecule has 1 aliphatic carbocycles. The summed E-state index contributed by atoms with van der Waals surface area (Å²) < 4.78 is 0. The van der Waals surface area contributed by atoms with Gasteiger partial charge in [-0.05, 0) is 108 Å². The maximum absolute atomic E-state index is 4.91. The van der Waals surface area contributed by atoms with Gasteiger partial charge in [0.2, 0.25) is 0 Å². The van der Waals surface area contributed by atoms with Crippen LogP contribution in [0.25, 0.3) is 0 Å². The van der Waals surface area contributed by atoms with Crippen molar-refractivity contribution >= 4 is 0 Å². The first-order chi connectivity index (χ1) is 15.3. The second-order valence-corrected chi connectivity index (χ2v) is 4.95. The van der Waals surface area contributed by atoms with Gasteiger partial charge in [0.15, 0.2) is 0 Å². The van der Waals surface area contributed by atoms with Crippen LogP contribution in [0.2, 0.25) is 0 Å². The van der Waals surface area contributed by atoms with Crippen molar-refractivity contribution < 1.29 is 0 Å². The predicted octanol–water partition coefficient (Wildman–Crippen LogP) is 2.10. The molecule has 0 aromatic carbocycles. The van der Waals surface area contributed by atoms with Crippen molar-refractivity contribution in [1.82, 2.24) is 0 Å². The van der Waals surface area contributed by atoms with E-state index in [4.69, 9.17) is 6.42 Å². The molecule has 0 saturated heterocycles. The SMILES string of the molecule is C#CC#CC#CC#CC#CC#CC#CC#CC#CC#CC#CC#CC#CC.CC1CC1. The molecule has 0 unspecified atom stereocenters. The van der Waals surface area contributed by atoms with Crippen LogP contribution in [0.15, 0.2) is 0 Å². The van der Waals surface area contributed by atoms with Crippen LogP contribution in [-0.4, -0.2) is 0 Å². The highest BCUT2D eigenvalue weighted by Gasteiger charge is 2.12. The van der Waals surface area contributed by atoms with Gasteiger partial charge in [0.25, 0.3) is 0 Å². The van der Waals surface area contributed by atoms with Crippen LogP contribution < -0.4 is 0 Å². The van der Waals surface area contributed by atoms with Gasteiger partial charge in [0.05, 0.1) is 0 Å². The maximum Gasteiger partial charge on any atom is 0 e. The Morgan fingerprint density at radius 2 is 0.613 bits per heavy atom. The number of hydrogen-bond donors (Lipinski definition) is 0. The molecule has 0 aromatic rings. The minimum absolute atomic E-state index is 1.08. The predicted molar refractivity (Wildman–Crippen MR) is 126 cm³/mol. The van der Waals surface area contributed by atoms with Gasteiger partial charge in [-0.2, -0.15) is 0 Å². The summed E-state index contributed by atoms with van der Waals surface area (Å²) in [6.45, 7) is 3.97. The van der Waals surface area contributed by atoms with Crippen LogP contribution in [0, 0.1) is 160 Å². The van der Waals surface area contributed by atoms with Gasteiger partial charge in [-0.25, -0.2) is 0 Å². The minimum Gasteiger partial charge on any atom is -0.106 e. The van der Waals surface area contributed by atoms with Crippen LogP contribution in [-0.2, 0) is 0 Å². The summed E-state index contributed by atoms with van der Waals surface area (Å²) in [5, 5.41) is 0. The van der Waals surface area contributed by atoms with Gasteiger partial charge in [-0.15, -0.1) is 6.42 Å². The zero-order chi connectivity index (χ0) is 22.7. The van der Waals surface area contributed by atoms with E-state index in [2.05, 4.69) is 155 Å². The molecule has 0 amide bonds. The highest BCUT2D eigenvalue weighted by Crippen LogP contribution is 2.26. The van der Waals surface area contributed by atoms with Crippen LogP contribution in [0.3, 0.4) is 0 Å². The van der Waals surface area contributed by atoms with E-state index in [0.717, 1.165) is 5.92 Å². The molecule has 0 heteroatoms. The average molecular weight is 384 g/mol. The lowest BCUT2D eigenvalue weighted by atomic mass is 10.4. The van der Waals surface area contributed by atoms with E-state index in [1.54, 1.807) is 6.92 Å². The lowest BCUT2D eigenvalue weighted by molar-refractivity contribution is 0.983. The summed E-state index contributed by atoms with van der Waals surface area (Å²) in [6, 6.07) is 0. The second kappa shape index (κ2) is 22.3. The Morgan fingerprint density at radius 3 is 0.774 bits per heavy atom. The molecule has 0 heterocycles. The van der Waals surface area contributed by atoms with Crippen molar-refractivity contribution in [3.05, 3.63) is 0 Å². The Balaban J connectivity index is 0.00000199. The maximum atomic E-state index is 4.91. The molecule has 0 bridgehead atoms. The van der Waals surface area contributed by atoms with E-state index in [9.17, 15) is 0 Å². The molecule has 0 nitrogen and oxygen atoms in total. The van der Waals surface area contributed by atoms with Crippen LogP contribution in [0.4, 0.5) is 0 Å². The molecule has 1 rings (SSSR count). The van der Waals surface area contributed by atoms with Gasteiger partial charge in [0, 0.05) is 47.4 Å². The number of rotatable bonds is 0. The highest BCUT2D eigenvalue weighted by molar-refractivity contribution is 5.48. The molecule has 0 spiro atoms. The summed E-state index contributed by atoms with van der Waals surface area (Å²) in [5.74, 6) is 63.0. The van der Waals surface area contributed by atoms with E-state index in [-0.39, 0.29) is 0 Å². The van der Waals surface area contributed by atoms with Crippen LogP contribution >= 0.6 is 0 Å². The molecule has 1 fully saturated rings. The summed E-state index contributed by atoms with van der Waals surface area (Å²) in [5.41, 5.74) is 0. The topological polar surface area (TPSA) is 0 Å². The van der Waals surface area contributed by atoms with E-state index < -0.39 is 0 Å².